The third-order valence-electron chi connectivity index (χ3n) is 5.70. The Labute approximate surface area is 178 Å². The summed E-state index contributed by atoms with van der Waals surface area (Å²) in [4.78, 5) is 40.8. The molecule has 7 nitrogen and oxygen atoms in total. The van der Waals surface area contributed by atoms with E-state index in [0.717, 1.165) is 4.90 Å². The van der Waals surface area contributed by atoms with Crippen LogP contribution in [0.5, 0.6) is 0 Å². The molecule has 0 saturated carbocycles. The molecule has 2 aromatic rings. The number of imide groups is 1. The first kappa shape index (κ1) is 20.9. The van der Waals surface area contributed by atoms with E-state index in [9.17, 15) is 23.2 Å². The molecule has 9 heteroatoms. The van der Waals surface area contributed by atoms with Gasteiger partial charge in [-0.05, 0) is 54.8 Å². The Bertz CT molecular complexity index is 987. The number of hydrogen-bond acceptors (Lipinski definition) is 4. The number of amides is 4. The van der Waals surface area contributed by atoms with E-state index >= 15 is 0 Å². The van der Waals surface area contributed by atoms with Crippen molar-refractivity contribution < 1.29 is 23.2 Å². The number of hydrogen-bond donors (Lipinski definition) is 2. The van der Waals surface area contributed by atoms with Crippen molar-refractivity contribution in [1.29, 1.82) is 0 Å². The van der Waals surface area contributed by atoms with Gasteiger partial charge in [-0.2, -0.15) is 0 Å². The summed E-state index contributed by atoms with van der Waals surface area (Å²) in [6.07, 6.45) is 0.780. The predicted molar refractivity (Wildman–Crippen MR) is 109 cm³/mol. The predicted octanol–water partition coefficient (Wildman–Crippen LogP) is 2.49. The smallest absolute Gasteiger partial charge is 0.325 e. The third kappa shape index (κ3) is 4.56. The van der Waals surface area contributed by atoms with Gasteiger partial charge in [0, 0.05) is 18.8 Å². The van der Waals surface area contributed by atoms with Gasteiger partial charge in [-0.3, -0.25) is 19.4 Å². The fourth-order valence-corrected chi connectivity index (χ4v) is 3.96. The molecule has 2 aliphatic rings. The molecule has 0 atom stereocenters. The Morgan fingerprint density at radius 1 is 0.968 bits per heavy atom. The summed E-state index contributed by atoms with van der Waals surface area (Å²) >= 11 is 0. The molecule has 2 saturated heterocycles. The molecule has 0 aromatic heterocycles. The molecule has 162 valence electrons. The summed E-state index contributed by atoms with van der Waals surface area (Å²) in [7, 11) is 0. The van der Waals surface area contributed by atoms with Crippen molar-refractivity contribution >= 4 is 23.5 Å². The number of rotatable bonds is 5. The van der Waals surface area contributed by atoms with Gasteiger partial charge in [-0.15, -0.1) is 0 Å². The van der Waals surface area contributed by atoms with Crippen LogP contribution in [0.3, 0.4) is 0 Å². The second-order valence-electron chi connectivity index (χ2n) is 7.86. The number of nitrogens with zero attached hydrogens (tertiary/aromatic N) is 2. The van der Waals surface area contributed by atoms with Gasteiger partial charge in [0.1, 0.15) is 17.2 Å². The molecule has 2 N–H and O–H groups in total. The standard InChI is InChI=1S/C22H22F2N4O3/c23-16-3-1-15(2-4-16)13-28-20(30)22(26-21(28)31)9-11-27(12-10-22)14-19(29)25-18-7-5-17(24)6-8-18/h1-8H,9-14H2,(H,25,29)(H,26,31). The summed E-state index contributed by atoms with van der Waals surface area (Å²) in [6.45, 7) is 1.14. The van der Waals surface area contributed by atoms with Crippen molar-refractivity contribution in [3.8, 4) is 0 Å². The first-order valence-electron chi connectivity index (χ1n) is 10.0. The lowest BCUT2D eigenvalue weighted by atomic mass is 9.87. The number of carbonyl (C=O) groups excluding carboxylic acids is 3. The first-order chi connectivity index (χ1) is 14.8. The third-order valence-corrected chi connectivity index (χ3v) is 5.70. The number of piperidine rings is 1. The SMILES string of the molecule is O=C(CN1CCC2(CC1)NC(=O)N(Cc1ccc(F)cc1)C2=O)Nc1ccc(F)cc1. The van der Waals surface area contributed by atoms with Crippen LogP contribution in [0.2, 0.25) is 0 Å². The maximum absolute atomic E-state index is 13.1. The van der Waals surface area contributed by atoms with E-state index < -0.39 is 11.6 Å². The second-order valence-corrected chi connectivity index (χ2v) is 7.86. The molecule has 2 fully saturated rings. The highest BCUT2D eigenvalue weighted by Crippen LogP contribution is 2.30. The normalized spacial score (nSPS) is 18.3. The first-order valence-corrected chi connectivity index (χ1v) is 10.0. The van der Waals surface area contributed by atoms with Crippen LogP contribution in [0.4, 0.5) is 19.3 Å². The van der Waals surface area contributed by atoms with E-state index in [4.69, 9.17) is 0 Å². The molecular weight excluding hydrogens is 406 g/mol. The van der Waals surface area contributed by atoms with Gasteiger partial charge in [-0.1, -0.05) is 12.1 Å². The zero-order chi connectivity index (χ0) is 22.0. The number of likely N-dealkylation sites (tertiary alicyclic amines) is 1. The number of benzene rings is 2. The number of anilines is 1. The van der Waals surface area contributed by atoms with Crippen molar-refractivity contribution in [2.24, 2.45) is 0 Å². The Morgan fingerprint density at radius 3 is 2.16 bits per heavy atom. The van der Waals surface area contributed by atoms with Gasteiger partial charge in [0.2, 0.25) is 5.91 Å². The Morgan fingerprint density at radius 2 is 1.55 bits per heavy atom. The maximum atomic E-state index is 13.1. The lowest BCUT2D eigenvalue weighted by Crippen LogP contribution is -2.55. The molecule has 0 aliphatic carbocycles. The lowest BCUT2D eigenvalue weighted by Gasteiger charge is -2.36. The number of carbonyl (C=O) groups is 3. The van der Waals surface area contributed by atoms with E-state index in [1.165, 1.54) is 36.4 Å². The van der Waals surface area contributed by atoms with Crippen molar-refractivity contribution in [2.45, 2.75) is 24.9 Å². The Balaban J connectivity index is 1.32. The highest BCUT2D eigenvalue weighted by atomic mass is 19.1. The van der Waals surface area contributed by atoms with Crippen LogP contribution in [-0.2, 0) is 16.1 Å². The van der Waals surface area contributed by atoms with Crippen molar-refractivity contribution in [3.63, 3.8) is 0 Å². The summed E-state index contributed by atoms with van der Waals surface area (Å²) in [5, 5.41) is 5.53. The minimum absolute atomic E-state index is 0.0798. The summed E-state index contributed by atoms with van der Waals surface area (Å²) in [6, 6.07) is 10.7. The summed E-state index contributed by atoms with van der Waals surface area (Å²) in [5.41, 5.74) is 0.201. The van der Waals surface area contributed by atoms with Crippen molar-refractivity contribution in [1.82, 2.24) is 15.1 Å². The number of urea groups is 1. The van der Waals surface area contributed by atoms with E-state index in [1.807, 2.05) is 4.90 Å². The quantitative estimate of drug-likeness (QED) is 0.717. The number of halogens is 2. The molecule has 0 radical (unpaired) electrons. The van der Waals surface area contributed by atoms with Crippen LogP contribution in [0, 0.1) is 11.6 Å². The second kappa shape index (κ2) is 8.43. The topological polar surface area (TPSA) is 81.8 Å². The minimum Gasteiger partial charge on any atom is -0.325 e. The van der Waals surface area contributed by atoms with Gasteiger partial charge in [0.05, 0.1) is 13.1 Å². The van der Waals surface area contributed by atoms with Gasteiger partial charge in [0.15, 0.2) is 0 Å². The van der Waals surface area contributed by atoms with E-state index in [2.05, 4.69) is 10.6 Å². The summed E-state index contributed by atoms with van der Waals surface area (Å²) < 4.78 is 26.1. The molecule has 4 amide bonds. The maximum Gasteiger partial charge on any atom is 0.325 e. The monoisotopic (exact) mass is 428 g/mol. The summed E-state index contributed by atoms with van der Waals surface area (Å²) in [5.74, 6) is -1.29. The largest absolute Gasteiger partial charge is 0.325 e. The number of nitrogens with one attached hydrogen (secondary N) is 2. The van der Waals surface area contributed by atoms with Crippen LogP contribution < -0.4 is 10.6 Å². The zero-order valence-corrected chi connectivity index (χ0v) is 16.7. The van der Waals surface area contributed by atoms with Gasteiger partial charge in [-0.25, -0.2) is 13.6 Å². The fourth-order valence-electron chi connectivity index (χ4n) is 3.96. The van der Waals surface area contributed by atoms with Crippen LogP contribution >= 0.6 is 0 Å². The molecule has 1 spiro atoms. The van der Waals surface area contributed by atoms with Crippen molar-refractivity contribution in [3.05, 3.63) is 65.7 Å². The molecule has 31 heavy (non-hydrogen) atoms. The fraction of sp³-hybridized carbons (Fsp3) is 0.318. The van der Waals surface area contributed by atoms with Crippen LogP contribution in [0.25, 0.3) is 0 Å². The molecule has 0 unspecified atom stereocenters. The average molecular weight is 428 g/mol. The lowest BCUT2D eigenvalue weighted by molar-refractivity contribution is -0.133. The van der Waals surface area contributed by atoms with E-state index in [-0.39, 0.29) is 36.5 Å². The van der Waals surface area contributed by atoms with Crippen LogP contribution in [0.15, 0.2) is 48.5 Å². The van der Waals surface area contributed by atoms with Gasteiger partial charge in [0.25, 0.3) is 5.91 Å². The zero-order valence-electron chi connectivity index (χ0n) is 16.7. The molecule has 2 heterocycles. The Hall–Kier alpha value is -3.33. The molecule has 2 aromatic carbocycles. The highest BCUT2D eigenvalue weighted by molar-refractivity contribution is 6.07. The Kier molecular flexibility index (Phi) is 5.69. The minimum atomic E-state index is -0.971. The van der Waals surface area contributed by atoms with Crippen LogP contribution in [-0.4, -0.2) is 52.8 Å². The van der Waals surface area contributed by atoms with E-state index in [0.29, 0.717) is 37.2 Å². The molecule has 4 rings (SSSR count). The molecule has 2 aliphatic heterocycles. The van der Waals surface area contributed by atoms with Crippen LogP contribution in [0.1, 0.15) is 18.4 Å². The molecular formula is C22H22F2N4O3. The highest BCUT2D eigenvalue weighted by Gasteiger charge is 2.52. The van der Waals surface area contributed by atoms with Gasteiger partial charge < -0.3 is 10.6 Å². The van der Waals surface area contributed by atoms with E-state index in [1.54, 1.807) is 12.1 Å². The average Bonchev–Trinajstić information content (AvgIpc) is 2.97. The van der Waals surface area contributed by atoms with Gasteiger partial charge >= 0.3 is 6.03 Å². The molecule has 0 bridgehead atoms. The van der Waals surface area contributed by atoms with Crippen molar-refractivity contribution in [2.75, 3.05) is 25.0 Å².